The number of piperidine rings is 1. The average Bonchev–Trinajstić information content (AvgIpc) is 2.53. The Hall–Kier alpha value is -2.19. The lowest BCUT2D eigenvalue weighted by atomic mass is 9.95. The highest BCUT2D eigenvalue weighted by atomic mass is 16.2. The van der Waals surface area contributed by atoms with Crippen LogP contribution in [-0.2, 0) is 4.79 Å². The van der Waals surface area contributed by atoms with Crippen molar-refractivity contribution in [2.75, 3.05) is 25.0 Å². The molecule has 5 nitrogen and oxygen atoms in total. The maximum absolute atomic E-state index is 12.3. The predicted octanol–water partition coefficient (Wildman–Crippen LogP) is 2.45. The number of ketones is 1. The molecule has 0 spiro atoms. The van der Waals surface area contributed by atoms with Gasteiger partial charge in [-0.3, -0.25) is 9.59 Å². The summed E-state index contributed by atoms with van der Waals surface area (Å²) in [6, 6.07) is 9.17. The number of nitriles is 1. The van der Waals surface area contributed by atoms with Crippen LogP contribution < -0.4 is 5.32 Å². The molecule has 2 rings (SSSR count). The molecule has 1 aromatic carbocycles. The van der Waals surface area contributed by atoms with Crippen molar-refractivity contribution in [3.63, 3.8) is 0 Å². The molecule has 1 aliphatic heterocycles. The maximum Gasteiger partial charge on any atom is 0.227 e. The fourth-order valence-corrected chi connectivity index (χ4v) is 2.69. The third-order valence-electron chi connectivity index (χ3n) is 4.03. The number of nitrogens with zero attached hydrogens (tertiary/aromatic N) is 2. The van der Waals surface area contributed by atoms with E-state index in [1.807, 2.05) is 0 Å². The van der Waals surface area contributed by atoms with Crippen LogP contribution in [0.25, 0.3) is 0 Å². The molecule has 0 aromatic heterocycles. The van der Waals surface area contributed by atoms with Gasteiger partial charge in [0.2, 0.25) is 5.91 Å². The van der Waals surface area contributed by atoms with Gasteiger partial charge < -0.3 is 10.2 Å². The monoisotopic (exact) mass is 299 g/mol. The first-order valence-electron chi connectivity index (χ1n) is 7.61. The number of amides is 1. The SMILES string of the molecule is CC(=O)c1cccc(NC(=O)C2CCN(CCC#N)CC2)c1. The van der Waals surface area contributed by atoms with Crippen LogP contribution in [0.3, 0.4) is 0 Å². The summed E-state index contributed by atoms with van der Waals surface area (Å²) in [5.41, 5.74) is 1.27. The molecule has 0 aliphatic carbocycles. The van der Waals surface area contributed by atoms with E-state index in [4.69, 9.17) is 5.26 Å². The van der Waals surface area contributed by atoms with Gasteiger partial charge in [-0.15, -0.1) is 0 Å². The Labute approximate surface area is 130 Å². The molecule has 1 N–H and O–H groups in total. The Kier molecular flexibility index (Phi) is 5.68. The van der Waals surface area contributed by atoms with Gasteiger partial charge in [0.1, 0.15) is 0 Å². The molecule has 0 unspecified atom stereocenters. The van der Waals surface area contributed by atoms with Gasteiger partial charge in [0.05, 0.1) is 6.07 Å². The number of rotatable bonds is 5. The molecular formula is C17H21N3O2. The molecule has 1 saturated heterocycles. The van der Waals surface area contributed by atoms with Crippen molar-refractivity contribution < 1.29 is 9.59 Å². The van der Waals surface area contributed by atoms with E-state index in [1.54, 1.807) is 24.3 Å². The van der Waals surface area contributed by atoms with Gasteiger partial charge in [-0.25, -0.2) is 0 Å². The first-order valence-corrected chi connectivity index (χ1v) is 7.61. The quantitative estimate of drug-likeness (QED) is 0.848. The normalized spacial score (nSPS) is 16.0. The van der Waals surface area contributed by atoms with Crippen LogP contribution >= 0.6 is 0 Å². The summed E-state index contributed by atoms with van der Waals surface area (Å²) in [6.07, 6.45) is 2.15. The van der Waals surface area contributed by atoms with Gasteiger partial charge in [0.15, 0.2) is 5.78 Å². The average molecular weight is 299 g/mol. The third kappa shape index (κ3) is 4.40. The molecule has 0 radical (unpaired) electrons. The van der Waals surface area contributed by atoms with Crippen LogP contribution in [0.5, 0.6) is 0 Å². The minimum atomic E-state index is -0.0121. The Morgan fingerprint density at radius 3 is 2.73 bits per heavy atom. The minimum Gasteiger partial charge on any atom is -0.326 e. The van der Waals surface area contributed by atoms with Gasteiger partial charge >= 0.3 is 0 Å². The fourth-order valence-electron chi connectivity index (χ4n) is 2.69. The molecule has 1 aliphatic rings. The molecule has 5 heteroatoms. The molecule has 0 atom stereocenters. The molecule has 1 amide bonds. The summed E-state index contributed by atoms with van der Waals surface area (Å²) in [7, 11) is 0. The Morgan fingerprint density at radius 2 is 2.09 bits per heavy atom. The number of likely N-dealkylation sites (tertiary alicyclic amines) is 1. The van der Waals surface area contributed by atoms with Gasteiger partial charge in [0, 0.05) is 30.1 Å². The highest BCUT2D eigenvalue weighted by Crippen LogP contribution is 2.20. The number of nitrogens with one attached hydrogen (secondary N) is 1. The number of anilines is 1. The third-order valence-corrected chi connectivity index (χ3v) is 4.03. The molecule has 0 bridgehead atoms. The summed E-state index contributed by atoms with van der Waals surface area (Å²) in [4.78, 5) is 25.9. The van der Waals surface area contributed by atoms with Crippen LogP contribution in [-0.4, -0.2) is 36.2 Å². The van der Waals surface area contributed by atoms with Crippen molar-refractivity contribution in [3.05, 3.63) is 29.8 Å². The van der Waals surface area contributed by atoms with Crippen LogP contribution in [0, 0.1) is 17.2 Å². The van der Waals surface area contributed by atoms with E-state index < -0.39 is 0 Å². The van der Waals surface area contributed by atoms with Crippen molar-refractivity contribution in [2.24, 2.45) is 5.92 Å². The van der Waals surface area contributed by atoms with Crippen molar-refractivity contribution in [1.82, 2.24) is 4.90 Å². The number of hydrogen-bond donors (Lipinski definition) is 1. The van der Waals surface area contributed by atoms with Crippen molar-refractivity contribution in [1.29, 1.82) is 5.26 Å². The molecule has 116 valence electrons. The van der Waals surface area contributed by atoms with E-state index in [1.165, 1.54) is 6.92 Å². The largest absolute Gasteiger partial charge is 0.326 e. The highest BCUT2D eigenvalue weighted by Gasteiger charge is 2.24. The van der Waals surface area contributed by atoms with Crippen LogP contribution in [0.2, 0.25) is 0 Å². The summed E-state index contributed by atoms with van der Waals surface area (Å²) in [5, 5.41) is 11.5. The van der Waals surface area contributed by atoms with Gasteiger partial charge in [-0.2, -0.15) is 5.26 Å². The summed E-state index contributed by atoms with van der Waals surface area (Å²) in [5.74, 6) is 0.00172. The zero-order valence-electron chi connectivity index (χ0n) is 12.8. The number of carbonyl (C=O) groups is 2. The zero-order valence-corrected chi connectivity index (χ0v) is 12.8. The first-order chi connectivity index (χ1) is 10.6. The molecule has 1 fully saturated rings. The Balaban J connectivity index is 1.87. The van der Waals surface area contributed by atoms with E-state index in [9.17, 15) is 9.59 Å². The summed E-state index contributed by atoms with van der Waals surface area (Å²) in [6.45, 7) is 4.00. The number of Topliss-reactive ketones (excluding diaryl/α,β-unsaturated/α-hetero) is 1. The van der Waals surface area contributed by atoms with E-state index >= 15 is 0 Å². The molecule has 1 aromatic rings. The van der Waals surface area contributed by atoms with Crippen molar-refractivity contribution in [3.8, 4) is 6.07 Å². The summed E-state index contributed by atoms with van der Waals surface area (Å²) < 4.78 is 0. The Morgan fingerprint density at radius 1 is 1.36 bits per heavy atom. The second-order valence-electron chi connectivity index (χ2n) is 5.65. The van der Waals surface area contributed by atoms with Gasteiger partial charge in [-0.1, -0.05) is 12.1 Å². The lowest BCUT2D eigenvalue weighted by Gasteiger charge is -2.30. The van der Waals surface area contributed by atoms with E-state index in [2.05, 4.69) is 16.3 Å². The number of carbonyl (C=O) groups excluding carboxylic acids is 2. The van der Waals surface area contributed by atoms with E-state index in [0.29, 0.717) is 17.7 Å². The smallest absolute Gasteiger partial charge is 0.227 e. The minimum absolute atomic E-state index is 0.000630. The summed E-state index contributed by atoms with van der Waals surface area (Å²) >= 11 is 0. The molecule has 0 saturated carbocycles. The van der Waals surface area contributed by atoms with Gasteiger partial charge in [0.25, 0.3) is 0 Å². The fraction of sp³-hybridized carbons (Fsp3) is 0.471. The topological polar surface area (TPSA) is 73.2 Å². The van der Waals surface area contributed by atoms with Gasteiger partial charge in [-0.05, 0) is 45.0 Å². The molecular weight excluding hydrogens is 278 g/mol. The maximum atomic E-state index is 12.3. The lowest BCUT2D eigenvalue weighted by molar-refractivity contribution is -0.121. The predicted molar refractivity (Wildman–Crippen MR) is 84.5 cm³/mol. The van der Waals surface area contributed by atoms with Crippen LogP contribution in [0.1, 0.15) is 36.5 Å². The second kappa shape index (κ2) is 7.71. The van der Waals surface area contributed by atoms with Crippen LogP contribution in [0.15, 0.2) is 24.3 Å². The number of hydrogen-bond acceptors (Lipinski definition) is 4. The van der Waals surface area contributed by atoms with Crippen molar-refractivity contribution >= 4 is 17.4 Å². The zero-order chi connectivity index (χ0) is 15.9. The van der Waals surface area contributed by atoms with Crippen LogP contribution in [0.4, 0.5) is 5.69 Å². The van der Waals surface area contributed by atoms with E-state index in [0.717, 1.165) is 32.5 Å². The molecule has 22 heavy (non-hydrogen) atoms. The van der Waals surface area contributed by atoms with E-state index in [-0.39, 0.29) is 17.6 Å². The lowest BCUT2D eigenvalue weighted by Crippen LogP contribution is -2.38. The standard InChI is InChI=1S/C17H21N3O2/c1-13(21)15-4-2-5-16(12-15)19-17(22)14-6-10-20(11-7-14)9-3-8-18/h2,4-5,12,14H,3,6-7,9-11H2,1H3,(H,19,22). The number of benzene rings is 1. The highest BCUT2D eigenvalue weighted by molar-refractivity contribution is 5.97. The Bertz CT molecular complexity index is 584. The van der Waals surface area contributed by atoms with Crippen molar-refractivity contribution in [2.45, 2.75) is 26.2 Å². The second-order valence-corrected chi connectivity index (χ2v) is 5.65. The first kappa shape index (κ1) is 16.2. The molecule has 1 heterocycles.